The summed E-state index contributed by atoms with van der Waals surface area (Å²) in [4.78, 5) is 24.4. The van der Waals surface area contributed by atoms with Crippen molar-refractivity contribution in [3.05, 3.63) is 30.3 Å². The van der Waals surface area contributed by atoms with Crippen molar-refractivity contribution in [3.8, 4) is 0 Å². The van der Waals surface area contributed by atoms with E-state index in [0.29, 0.717) is 19.5 Å². The Morgan fingerprint density at radius 3 is 2.67 bits per heavy atom. The Morgan fingerprint density at radius 2 is 2.06 bits per heavy atom. The highest BCUT2D eigenvalue weighted by Crippen LogP contribution is 2.16. The quantitative estimate of drug-likeness (QED) is 0.835. The lowest BCUT2D eigenvalue weighted by molar-refractivity contribution is -0.141. The molecule has 1 aliphatic heterocycles. The molecule has 96 valence electrons. The van der Waals surface area contributed by atoms with Gasteiger partial charge in [0.05, 0.1) is 12.5 Å². The summed E-state index contributed by atoms with van der Waals surface area (Å²) >= 11 is 0. The maximum Gasteiger partial charge on any atom is 0.307 e. The number of rotatable bonds is 4. The second kappa shape index (κ2) is 5.64. The highest BCUT2D eigenvalue weighted by molar-refractivity contribution is 5.92. The van der Waals surface area contributed by atoms with Crippen LogP contribution in [0.5, 0.6) is 0 Å². The van der Waals surface area contributed by atoms with E-state index in [9.17, 15) is 9.59 Å². The number of benzene rings is 1. The minimum absolute atomic E-state index is 0.104. The number of carboxylic acids is 1. The van der Waals surface area contributed by atoms with Gasteiger partial charge in [0.15, 0.2) is 0 Å². The standard InChI is InChI=1S/C13H16N2O3/c16-12(14-11-4-2-1-3-5-11)9-15-7-6-10(8-15)13(17)18/h1-5,10H,6-9H2,(H,14,16)(H,17,18). The normalized spacial score (nSPS) is 19.7. The van der Waals surface area contributed by atoms with E-state index in [4.69, 9.17) is 5.11 Å². The Morgan fingerprint density at radius 1 is 1.33 bits per heavy atom. The SMILES string of the molecule is O=C(CN1CCC(C(=O)O)C1)Nc1ccccc1. The van der Waals surface area contributed by atoms with Crippen LogP contribution >= 0.6 is 0 Å². The molecule has 5 nitrogen and oxygen atoms in total. The lowest BCUT2D eigenvalue weighted by Gasteiger charge is -2.14. The number of para-hydroxylation sites is 1. The molecule has 0 aliphatic carbocycles. The Labute approximate surface area is 105 Å². The van der Waals surface area contributed by atoms with Crippen LogP contribution in [0.15, 0.2) is 30.3 Å². The van der Waals surface area contributed by atoms with Gasteiger partial charge in [0.1, 0.15) is 0 Å². The lowest BCUT2D eigenvalue weighted by Crippen LogP contribution is -2.32. The van der Waals surface area contributed by atoms with Crippen LogP contribution < -0.4 is 5.32 Å². The van der Waals surface area contributed by atoms with E-state index in [0.717, 1.165) is 5.69 Å². The molecule has 1 heterocycles. The summed E-state index contributed by atoms with van der Waals surface area (Å²) in [5, 5.41) is 11.7. The average molecular weight is 248 g/mol. The summed E-state index contributed by atoms with van der Waals surface area (Å²) in [7, 11) is 0. The number of nitrogens with zero attached hydrogens (tertiary/aromatic N) is 1. The molecule has 5 heteroatoms. The molecule has 1 unspecified atom stereocenters. The first-order chi connectivity index (χ1) is 8.65. The molecule has 18 heavy (non-hydrogen) atoms. The molecule has 1 fully saturated rings. The van der Waals surface area contributed by atoms with Crippen LogP contribution in [-0.4, -0.2) is 41.5 Å². The zero-order valence-corrected chi connectivity index (χ0v) is 10.0. The third-order valence-electron chi connectivity index (χ3n) is 3.05. The summed E-state index contributed by atoms with van der Waals surface area (Å²) in [6.45, 7) is 1.37. The van der Waals surface area contributed by atoms with Crippen molar-refractivity contribution in [1.29, 1.82) is 0 Å². The van der Waals surface area contributed by atoms with Crippen LogP contribution in [0.3, 0.4) is 0 Å². The van der Waals surface area contributed by atoms with Crippen LogP contribution in [-0.2, 0) is 9.59 Å². The van der Waals surface area contributed by atoms with E-state index in [1.807, 2.05) is 35.2 Å². The van der Waals surface area contributed by atoms with Crippen molar-refractivity contribution >= 4 is 17.6 Å². The number of carbonyl (C=O) groups is 2. The molecule has 0 aromatic heterocycles. The average Bonchev–Trinajstić information content (AvgIpc) is 2.78. The second-order valence-electron chi connectivity index (χ2n) is 4.47. The van der Waals surface area contributed by atoms with Crippen molar-refractivity contribution in [2.45, 2.75) is 6.42 Å². The van der Waals surface area contributed by atoms with Gasteiger partial charge in [-0.25, -0.2) is 0 Å². The molecule has 0 saturated carbocycles. The molecule has 0 spiro atoms. The van der Waals surface area contributed by atoms with Gasteiger partial charge in [-0.3, -0.25) is 14.5 Å². The summed E-state index contributed by atoms with van der Waals surface area (Å²) in [6.07, 6.45) is 0.619. The largest absolute Gasteiger partial charge is 0.481 e. The monoisotopic (exact) mass is 248 g/mol. The Kier molecular flexibility index (Phi) is 3.94. The van der Waals surface area contributed by atoms with Gasteiger partial charge in [-0.1, -0.05) is 18.2 Å². The molecule has 1 aliphatic rings. The molecular weight excluding hydrogens is 232 g/mol. The smallest absolute Gasteiger partial charge is 0.307 e. The van der Waals surface area contributed by atoms with Crippen molar-refractivity contribution in [2.75, 3.05) is 25.0 Å². The van der Waals surface area contributed by atoms with Gasteiger partial charge < -0.3 is 10.4 Å². The molecule has 1 aromatic carbocycles. The van der Waals surface area contributed by atoms with Gasteiger partial charge >= 0.3 is 5.97 Å². The van der Waals surface area contributed by atoms with Crippen LogP contribution in [0.25, 0.3) is 0 Å². The fourth-order valence-corrected chi connectivity index (χ4v) is 2.10. The fraction of sp³-hybridized carbons (Fsp3) is 0.385. The molecule has 1 aromatic rings. The number of likely N-dealkylation sites (tertiary alicyclic amines) is 1. The van der Waals surface area contributed by atoms with Gasteiger partial charge in [0.2, 0.25) is 5.91 Å². The van der Waals surface area contributed by atoms with Crippen LogP contribution in [0, 0.1) is 5.92 Å². The minimum Gasteiger partial charge on any atom is -0.481 e. The minimum atomic E-state index is -0.777. The van der Waals surface area contributed by atoms with Crippen molar-refractivity contribution in [2.24, 2.45) is 5.92 Å². The Bertz CT molecular complexity index is 433. The zero-order chi connectivity index (χ0) is 13.0. The summed E-state index contributed by atoms with van der Waals surface area (Å²) in [5.41, 5.74) is 0.761. The van der Waals surface area contributed by atoms with Crippen LogP contribution in [0.2, 0.25) is 0 Å². The summed E-state index contributed by atoms with van der Waals surface area (Å²) in [5.74, 6) is -1.22. The number of nitrogens with one attached hydrogen (secondary N) is 1. The third-order valence-corrected chi connectivity index (χ3v) is 3.05. The van der Waals surface area contributed by atoms with Gasteiger partial charge in [-0.05, 0) is 25.1 Å². The molecule has 2 rings (SSSR count). The third kappa shape index (κ3) is 3.30. The first-order valence-corrected chi connectivity index (χ1v) is 5.95. The van der Waals surface area contributed by atoms with E-state index in [2.05, 4.69) is 5.32 Å². The predicted molar refractivity (Wildman–Crippen MR) is 67.3 cm³/mol. The van der Waals surface area contributed by atoms with Crippen molar-refractivity contribution in [1.82, 2.24) is 4.90 Å². The maximum atomic E-state index is 11.7. The van der Waals surface area contributed by atoms with Gasteiger partial charge in [0.25, 0.3) is 0 Å². The van der Waals surface area contributed by atoms with E-state index in [1.165, 1.54) is 0 Å². The highest BCUT2D eigenvalue weighted by atomic mass is 16.4. The Balaban J connectivity index is 1.80. The second-order valence-corrected chi connectivity index (χ2v) is 4.47. The fourth-order valence-electron chi connectivity index (χ4n) is 2.10. The van der Waals surface area contributed by atoms with E-state index in [-0.39, 0.29) is 18.4 Å². The molecule has 0 bridgehead atoms. The molecule has 1 atom stereocenters. The number of anilines is 1. The number of hydrogen-bond donors (Lipinski definition) is 2. The molecular formula is C13H16N2O3. The van der Waals surface area contributed by atoms with E-state index >= 15 is 0 Å². The van der Waals surface area contributed by atoms with E-state index < -0.39 is 5.97 Å². The van der Waals surface area contributed by atoms with Gasteiger partial charge in [-0.15, -0.1) is 0 Å². The first-order valence-electron chi connectivity index (χ1n) is 5.95. The molecule has 1 amide bonds. The number of carboxylic acid groups (broad SMARTS) is 1. The number of amides is 1. The molecule has 2 N–H and O–H groups in total. The van der Waals surface area contributed by atoms with Crippen molar-refractivity contribution < 1.29 is 14.7 Å². The number of carbonyl (C=O) groups excluding carboxylic acids is 1. The highest BCUT2D eigenvalue weighted by Gasteiger charge is 2.28. The predicted octanol–water partition coefficient (Wildman–Crippen LogP) is 1.03. The Hall–Kier alpha value is -1.88. The first kappa shape index (κ1) is 12.6. The maximum absolute atomic E-state index is 11.7. The molecule has 0 radical (unpaired) electrons. The van der Waals surface area contributed by atoms with E-state index in [1.54, 1.807) is 0 Å². The van der Waals surface area contributed by atoms with Gasteiger partial charge in [0, 0.05) is 12.2 Å². The molecule has 1 saturated heterocycles. The van der Waals surface area contributed by atoms with Crippen LogP contribution in [0.1, 0.15) is 6.42 Å². The number of aliphatic carboxylic acids is 1. The topological polar surface area (TPSA) is 69.6 Å². The summed E-state index contributed by atoms with van der Waals surface area (Å²) < 4.78 is 0. The zero-order valence-electron chi connectivity index (χ0n) is 10.0. The summed E-state index contributed by atoms with van der Waals surface area (Å²) in [6, 6.07) is 9.23. The van der Waals surface area contributed by atoms with Gasteiger partial charge in [-0.2, -0.15) is 0 Å². The lowest BCUT2D eigenvalue weighted by atomic mass is 10.1. The number of hydrogen-bond acceptors (Lipinski definition) is 3. The van der Waals surface area contributed by atoms with Crippen LogP contribution in [0.4, 0.5) is 5.69 Å². The van der Waals surface area contributed by atoms with Crippen molar-refractivity contribution in [3.63, 3.8) is 0 Å².